The van der Waals surface area contributed by atoms with Crippen LogP contribution in [0.5, 0.6) is 23.0 Å². The number of carbonyl (C=O) groups excluding carboxylic acids is 1. The first-order valence-corrected chi connectivity index (χ1v) is 8.87. The monoisotopic (exact) mass is 391 g/mol. The number of halogens is 1. The molecule has 3 rings (SSSR count). The van der Waals surface area contributed by atoms with Crippen LogP contribution in [0, 0.1) is 0 Å². The molecule has 2 aromatic rings. The van der Waals surface area contributed by atoms with E-state index in [9.17, 15) is 4.79 Å². The molecule has 1 heterocycles. The van der Waals surface area contributed by atoms with Crippen LogP contribution in [0.2, 0.25) is 5.02 Å². The molecule has 0 aromatic heterocycles. The Morgan fingerprint density at radius 3 is 2.37 bits per heavy atom. The van der Waals surface area contributed by atoms with E-state index in [1.807, 2.05) is 32.0 Å². The smallest absolute Gasteiger partial charge is 0.234 e. The van der Waals surface area contributed by atoms with Gasteiger partial charge < -0.3 is 24.3 Å². The Morgan fingerprint density at radius 2 is 1.70 bits per heavy atom. The number of benzene rings is 2. The molecule has 1 aliphatic rings. The zero-order valence-electron chi connectivity index (χ0n) is 15.7. The molecule has 2 aromatic carbocycles. The summed E-state index contributed by atoms with van der Waals surface area (Å²) in [5.41, 5.74) is 0.465. The third kappa shape index (κ3) is 3.76. The molecule has 6 nitrogen and oxygen atoms in total. The molecule has 144 valence electrons. The minimum atomic E-state index is -0.826. The second kappa shape index (κ2) is 7.56. The molecule has 1 N–H and O–H groups in total. The fraction of sp³-hybridized carbons (Fsp3) is 0.350. The highest BCUT2D eigenvalue weighted by atomic mass is 35.5. The van der Waals surface area contributed by atoms with Gasteiger partial charge in [0.25, 0.3) is 0 Å². The number of amides is 1. The molecule has 0 saturated heterocycles. The molecule has 7 heteroatoms. The molecule has 0 atom stereocenters. The number of carbonyl (C=O) groups is 1. The third-order valence-corrected chi connectivity index (χ3v) is 4.85. The molecule has 0 spiro atoms. The van der Waals surface area contributed by atoms with E-state index >= 15 is 0 Å². The van der Waals surface area contributed by atoms with Crippen LogP contribution in [0.3, 0.4) is 0 Å². The summed E-state index contributed by atoms with van der Waals surface area (Å²) < 4.78 is 21.7. The number of anilines is 1. The second-order valence-electron chi connectivity index (χ2n) is 6.62. The number of hydrogen-bond donors (Lipinski definition) is 1. The largest absolute Gasteiger partial charge is 0.495 e. The minimum Gasteiger partial charge on any atom is -0.495 e. The summed E-state index contributed by atoms with van der Waals surface area (Å²) in [5, 5.41) is 3.31. The van der Waals surface area contributed by atoms with Gasteiger partial charge in [-0.1, -0.05) is 17.7 Å². The highest BCUT2D eigenvalue weighted by Crippen LogP contribution is 2.38. The fourth-order valence-electron chi connectivity index (χ4n) is 2.80. The molecular weight excluding hydrogens is 370 g/mol. The summed E-state index contributed by atoms with van der Waals surface area (Å²) in [6.45, 7) is 4.69. The van der Waals surface area contributed by atoms with Crippen LogP contribution in [0.4, 0.5) is 5.69 Å². The molecule has 0 fully saturated rings. The van der Waals surface area contributed by atoms with Crippen molar-refractivity contribution in [3.8, 4) is 23.0 Å². The molecular formula is C20H22ClNO5. The first-order chi connectivity index (χ1) is 12.9. The van der Waals surface area contributed by atoms with Gasteiger partial charge in [0.15, 0.2) is 11.5 Å². The normalized spacial score (nSPS) is 13.1. The van der Waals surface area contributed by atoms with Crippen LogP contribution in [-0.2, 0) is 10.2 Å². The van der Waals surface area contributed by atoms with Crippen LogP contribution >= 0.6 is 11.6 Å². The average Bonchev–Trinajstić information content (AvgIpc) is 2.68. The Bertz CT molecular complexity index is 866. The maximum absolute atomic E-state index is 13.0. The number of fused-ring (bicyclic) bond motifs is 1. The van der Waals surface area contributed by atoms with Gasteiger partial charge in [0.05, 0.1) is 30.3 Å². The molecule has 0 aliphatic carbocycles. The lowest BCUT2D eigenvalue weighted by molar-refractivity contribution is -0.120. The number of hydrogen-bond acceptors (Lipinski definition) is 5. The van der Waals surface area contributed by atoms with E-state index in [1.54, 1.807) is 12.1 Å². The van der Waals surface area contributed by atoms with Crippen LogP contribution in [0.15, 0.2) is 30.3 Å². The van der Waals surface area contributed by atoms with Gasteiger partial charge in [0.2, 0.25) is 5.91 Å². The number of nitrogens with one attached hydrogen (secondary N) is 1. The van der Waals surface area contributed by atoms with Gasteiger partial charge in [0, 0.05) is 12.1 Å². The van der Waals surface area contributed by atoms with Crippen molar-refractivity contribution >= 4 is 23.2 Å². The van der Waals surface area contributed by atoms with Crippen molar-refractivity contribution in [3.05, 3.63) is 40.9 Å². The maximum atomic E-state index is 13.0. The van der Waals surface area contributed by atoms with Crippen molar-refractivity contribution in [1.29, 1.82) is 0 Å². The van der Waals surface area contributed by atoms with Gasteiger partial charge in [-0.05, 0) is 31.5 Å². The lowest BCUT2D eigenvalue weighted by atomic mass is 9.83. The van der Waals surface area contributed by atoms with Gasteiger partial charge >= 0.3 is 0 Å². The fourth-order valence-corrected chi connectivity index (χ4v) is 3.03. The molecule has 27 heavy (non-hydrogen) atoms. The number of ether oxygens (including phenoxy) is 4. The van der Waals surface area contributed by atoms with Crippen molar-refractivity contribution in [2.45, 2.75) is 19.3 Å². The molecule has 1 aliphatic heterocycles. The summed E-state index contributed by atoms with van der Waals surface area (Å²) in [5.74, 6) is 2.02. The van der Waals surface area contributed by atoms with Gasteiger partial charge in [-0.15, -0.1) is 0 Å². The zero-order chi connectivity index (χ0) is 19.6. The van der Waals surface area contributed by atoms with E-state index in [0.717, 1.165) is 5.56 Å². The van der Waals surface area contributed by atoms with Crippen molar-refractivity contribution in [1.82, 2.24) is 0 Å². The first-order valence-electron chi connectivity index (χ1n) is 8.50. The van der Waals surface area contributed by atoms with Crippen LogP contribution < -0.4 is 24.3 Å². The van der Waals surface area contributed by atoms with E-state index in [4.69, 9.17) is 30.5 Å². The number of methoxy groups -OCH3 is 2. The Balaban J connectivity index is 1.89. The lowest BCUT2D eigenvalue weighted by Crippen LogP contribution is -2.35. The lowest BCUT2D eigenvalue weighted by Gasteiger charge is -2.27. The Hall–Kier alpha value is -2.60. The third-order valence-electron chi connectivity index (χ3n) is 4.55. The summed E-state index contributed by atoms with van der Waals surface area (Å²) in [7, 11) is 3.03. The Labute approximate surface area is 163 Å². The Morgan fingerprint density at radius 1 is 1.04 bits per heavy atom. The van der Waals surface area contributed by atoms with Crippen LogP contribution in [-0.4, -0.2) is 33.3 Å². The molecule has 0 unspecified atom stereocenters. The van der Waals surface area contributed by atoms with Crippen LogP contribution in [0.25, 0.3) is 0 Å². The van der Waals surface area contributed by atoms with Crippen molar-refractivity contribution in [2.24, 2.45) is 0 Å². The standard InChI is InChI=1S/C20H22ClNO5/c1-20(2,12-5-6-15-18(9-12)27-8-7-26-15)19(23)22-14-11-16(24-3)13(21)10-17(14)25-4/h5-6,9-11H,7-8H2,1-4H3,(H,22,23). The van der Waals surface area contributed by atoms with E-state index < -0.39 is 5.41 Å². The van der Waals surface area contributed by atoms with Crippen LogP contribution in [0.1, 0.15) is 19.4 Å². The van der Waals surface area contributed by atoms with Gasteiger partial charge in [-0.2, -0.15) is 0 Å². The summed E-state index contributed by atoms with van der Waals surface area (Å²) >= 11 is 6.13. The highest BCUT2D eigenvalue weighted by molar-refractivity contribution is 6.32. The second-order valence-corrected chi connectivity index (χ2v) is 7.03. The predicted molar refractivity (Wildman–Crippen MR) is 104 cm³/mol. The van der Waals surface area contributed by atoms with Crippen molar-refractivity contribution in [2.75, 3.05) is 32.8 Å². The molecule has 1 amide bonds. The first kappa shape index (κ1) is 19.2. The number of rotatable bonds is 5. The SMILES string of the molecule is COc1cc(NC(=O)C(C)(C)c2ccc3c(c2)OCCO3)c(OC)cc1Cl. The van der Waals surface area contributed by atoms with E-state index in [2.05, 4.69) is 5.32 Å². The minimum absolute atomic E-state index is 0.207. The quantitative estimate of drug-likeness (QED) is 0.833. The summed E-state index contributed by atoms with van der Waals surface area (Å²) in [6, 6.07) is 8.78. The van der Waals surface area contributed by atoms with E-state index in [1.165, 1.54) is 14.2 Å². The van der Waals surface area contributed by atoms with E-state index in [-0.39, 0.29) is 5.91 Å². The van der Waals surface area contributed by atoms with Gasteiger partial charge in [0.1, 0.15) is 24.7 Å². The molecule has 0 saturated carbocycles. The zero-order valence-corrected chi connectivity index (χ0v) is 16.5. The maximum Gasteiger partial charge on any atom is 0.234 e. The van der Waals surface area contributed by atoms with Gasteiger partial charge in [-0.25, -0.2) is 0 Å². The highest BCUT2D eigenvalue weighted by Gasteiger charge is 2.32. The topological polar surface area (TPSA) is 66.0 Å². The summed E-state index contributed by atoms with van der Waals surface area (Å²) in [4.78, 5) is 13.0. The van der Waals surface area contributed by atoms with E-state index in [0.29, 0.717) is 46.9 Å². The predicted octanol–water partition coefficient (Wildman–Crippen LogP) is 4.04. The molecule has 0 bridgehead atoms. The van der Waals surface area contributed by atoms with Crippen molar-refractivity contribution < 1.29 is 23.7 Å². The van der Waals surface area contributed by atoms with Gasteiger partial charge in [-0.3, -0.25) is 4.79 Å². The Kier molecular flexibility index (Phi) is 5.37. The van der Waals surface area contributed by atoms with Crippen molar-refractivity contribution in [3.63, 3.8) is 0 Å². The molecule has 0 radical (unpaired) electrons. The average molecular weight is 392 g/mol. The summed E-state index contributed by atoms with van der Waals surface area (Å²) in [6.07, 6.45) is 0.